The zero-order valence-electron chi connectivity index (χ0n) is 20.4. The molecule has 0 N–H and O–H groups in total. The molecule has 170 valence electrons. The molecule has 0 aliphatic carbocycles. The molecule has 0 aliphatic rings. The minimum absolute atomic E-state index is 0.000568. The smallest absolute Gasteiger partial charge is 0.102 e. The molecule has 0 saturated heterocycles. The van der Waals surface area contributed by atoms with E-state index in [1.807, 2.05) is 12.1 Å². The molecule has 0 bridgehead atoms. The van der Waals surface area contributed by atoms with Gasteiger partial charge in [0, 0.05) is 10.8 Å². The Labute approximate surface area is 202 Å². The monoisotopic (exact) mass is 446 g/mol. The van der Waals surface area contributed by atoms with Crippen molar-refractivity contribution in [2.45, 2.75) is 78.6 Å². The van der Waals surface area contributed by atoms with Gasteiger partial charge in [-0.25, -0.2) is 0 Å². The summed E-state index contributed by atoms with van der Waals surface area (Å²) in [5, 5.41) is 43.3. The van der Waals surface area contributed by atoms with Crippen LogP contribution in [0.2, 0.25) is 0 Å². The summed E-state index contributed by atoms with van der Waals surface area (Å²) in [6, 6.07) is 14.8. The summed E-state index contributed by atoms with van der Waals surface area (Å²) in [7, 11) is 0. The molecule has 4 nitrogen and oxygen atoms in total. The van der Waals surface area contributed by atoms with Gasteiger partial charge >= 0.3 is 0 Å². The molecular weight excluding hydrogens is 416 g/mol. The lowest BCUT2D eigenvalue weighted by Gasteiger charge is -2.20. The Morgan fingerprint density at radius 2 is 1.12 bits per heavy atom. The molecule has 0 radical (unpaired) electrons. The number of rotatable bonds is 9. The maximum atomic E-state index is 10.1. The Balaban J connectivity index is 2.63. The number of hydrogen-bond donors (Lipinski definition) is 0. The highest BCUT2D eigenvalue weighted by molar-refractivity contribution is 6.09. The Morgan fingerprint density at radius 3 is 1.68 bits per heavy atom. The summed E-state index contributed by atoms with van der Waals surface area (Å²) in [6.07, 6.45) is 9.09. The van der Waals surface area contributed by atoms with Crippen LogP contribution in [0.3, 0.4) is 0 Å². The number of nitriles is 4. The van der Waals surface area contributed by atoms with Gasteiger partial charge < -0.3 is 0 Å². The maximum absolute atomic E-state index is 10.1. The predicted octanol–water partition coefficient (Wildman–Crippen LogP) is 7.51. The molecule has 0 atom stereocenters. The number of fused-ring (bicyclic) bond motifs is 2. The summed E-state index contributed by atoms with van der Waals surface area (Å²) in [5.41, 5.74) is 4.18. The molecule has 34 heavy (non-hydrogen) atoms. The maximum Gasteiger partial charge on any atom is 0.102 e. The number of hydrogen-bond acceptors (Lipinski definition) is 4. The summed E-state index contributed by atoms with van der Waals surface area (Å²) >= 11 is 0. The van der Waals surface area contributed by atoms with Gasteiger partial charge in [-0.2, -0.15) is 21.0 Å². The van der Waals surface area contributed by atoms with Crippen LogP contribution in [0.4, 0.5) is 0 Å². The third-order valence-electron chi connectivity index (χ3n) is 6.69. The number of aryl methyl sites for hydroxylation is 3. The first-order valence-corrected chi connectivity index (χ1v) is 12.3. The number of unbranched alkanes of at least 4 members (excludes halogenated alkanes) is 3. The molecule has 0 aromatic heterocycles. The van der Waals surface area contributed by atoms with Gasteiger partial charge in [-0.1, -0.05) is 52.2 Å². The summed E-state index contributed by atoms with van der Waals surface area (Å²) < 4.78 is 0. The Morgan fingerprint density at radius 1 is 0.588 bits per heavy atom. The van der Waals surface area contributed by atoms with Crippen LogP contribution < -0.4 is 0 Å². The fraction of sp³-hybridized carbons (Fsp3) is 0.400. The highest BCUT2D eigenvalue weighted by atomic mass is 14.4. The fourth-order valence-electron chi connectivity index (χ4n) is 4.99. The SMILES string of the molecule is CCCCc1ccc2cc3c(C#N)c(C#N)c(C#N)c(C#N)c3c(CCCC)c2c1CCCC. The van der Waals surface area contributed by atoms with Crippen LogP contribution in [-0.4, -0.2) is 0 Å². The van der Waals surface area contributed by atoms with Crippen LogP contribution in [0, 0.1) is 45.3 Å². The molecule has 0 unspecified atom stereocenters. The first-order valence-electron chi connectivity index (χ1n) is 12.3. The largest absolute Gasteiger partial charge is 0.192 e. The summed E-state index contributed by atoms with van der Waals surface area (Å²) in [6.45, 7) is 6.53. The van der Waals surface area contributed by atoms with Crippen molar-refractivity contribution in [1.82, 2.24) is 0 Å². The van der Waals surface area contributed by atoms with Crippen LogP contribution in [0.25, 0.3) is 21.5 Å². The van der Waals surface area contributed by atoms with Crippen molar-refractivity contribution >= 4 is 21.5 Å². The van der Waals surface area contributed by atoms with E-state index in [0.29, 0.717) is 10.8 Å². The van der Waals surface area contributed by atoms with E-state index in [1.165, 1.54) is 16.5 Å². The average Bonchev–Trinajstić information content (AvgIpc) is 2.87. The predicted molar refractivity (Wildman–Crippen MR) is 136 cm³/mol. The van der Waals surface area contributed by atoms with Crippen molar-refractivity contribution in [2.24, 2.45) is 0 Å². The minimum atomic E-state index is 0.000568. The van der Waals surface area contributed by atoms with Gasteiger partial charge in [-0.15, -0.1) is 0 Å². The van der Waals surface area contributed by atoms with Gasteiger partial charge in [-0.3, -0.25) is 0 Å². The molecule has 3 rings (SSSR count). The van der Waals surface area contributed by atoms with Gasteiger partial charge in [0.05, 0.1) is 22.3 Å². The second-order valence-electron chi connectivity index (χ2n) is 8.84. The molecule has 0 amide bonds. The van der Waals surface area contributed by atoms with Crippen molar-refractivity contribution in [1.29, 1.82) is 21.0 Å². The molecule has 0 aliphatic heterocycles. The topological polar surface area (TPSA) is 95.2 Å². The second-order valence-corrected chi connectivity index (χ2v) is 8.84. The molecule has 0 saturated carbocycles. The molecule has 3 aromatic carbocycles. The molecule has 3 aromatic rings. The lowest BCUT2D eigenvalue weighted by atomic mass is 9.81. The standard InChI is InChI=1S/C30H30N4/c1-4-7-10-20-13-14-21-15-24-25(16-31)26(17-32)27(18-33)28(19-34)30(24)23(12-9-6-3)29(21)22(20)11-8-5-2/h13-15H,4-12H2,1-3H3. The van der Waals surface area contributed by atoms with Crippen molar-refractivity contribution < 1.29 is 0 Å². The lowest BCUT2D eigenvalue weighted by molar-refractivity contribution is 0.760. The van der Waals surface area contributed by atoms with Gasteiger partial charge in [-0.05, 0) is 72.1 Å². The molecule has 0 spiro atoms. The van der Waals surface area contributed by atoms with Crippen LogP contribution in [0.15, 0.2) is 18.2 Å². The Kier molecular flexibility index (Phi) is 8.25. The van der Waals surface area contributed by atoms with Crippen LogP contribution >= 0.6 is 0 Å². The van der Waals surface area contributed by atoms with Gasteiger partial charge in [0.1, 0.15) is 24.3 Å². The lowest BCUT2D eigenvalue weighted by Crippen LogP contribution is -2.05. The highest BCUT2D eigenvalue weighted by Gasteiger charge is 2.24. The zero-order chi connectivity index (χ0) is 24.7. The van der Waals surface area contributed by atoms with E-state index >= 15 is 0 Å². The van der Waals surface area contributed by atoms with E-state index in [2.05, 4.69) is 51.1 Å². The molecule has 0 fully saturated rings. The number of benzene rings is 3. The van der Waals surface area contributed by atoms with Crippen molar-refractivity contribution in [3.8, 4) is 24.3 Å². The van der Waals surface area contributed by atoms with Gasteiger partial charge in [0.15, 0.2) is 0 Å². The van der Waals surface area contributed by atoms with E-state index in [9.17, 15) is 21.0 Å². The quantitative estimate of drug-likeness (QED) is 0.318. The third-order valence-corrected chi connectivity index (χ3v) is 6.69. The average molecular weight is 447 g/mol. The minimum Gasteiger partial charge on any atom is -0.192 e. The highest BCUT2D eigenvalue weighted by Crippen LogP contribution is 2.40. The Bertz CT molecular complexity index is 1400. The van der Waals surface area contributed by atoms with Crippen LogP contribution in [0.5, 0.6) is 0 Å². The zero-order valence-corrected chi connectivity index (χ0v) is 20.4. The first kappa shape index (κ1) is 24.8. The van der Waals surface area contributed by atoms with Crippen LogP contribution in [-0.2, 0) is 19.3 Å². The van der Waals surface area contributed by atoms with Crippen molar-refractivity contribution in [3.05, 3.63) is 57.1 Å². The van der Waals surface area contributed by atoms with Gasteiger partial charge in [0.2, 0.25) is 0 Å². The van der Waals surface area contributed by atoms with Crippen LogP contribution in [0.1, 0.15) is 98.2 Å². The van der Waals surface area contributed by atoms with E-state index < -0.39 is 0 Å². The fourth-order valence-corrected chi connectivity index (χ4v) is 4.99. The van der Waals surface area contributed by atoms with E-state index in [0.717, 1.165) is 68.7 Å². The third kappa shape index (κ3) is 4.34. The van der Waals surface area contributed by atoms with Crippen molar-refractivity contribution in [3.63, 3.8) is 0 Å². The normalized spacial score (nSPS) is 10.6. The molecule has 0 heterocycles. The van der Waals surface area contributed by atoms with E-state index in [-0.39, 0.29) is 22.3 Å². The molecule has 4 heteroatoms. The second kappa shape index (κ2) is 11.3. The van der Waals surface area contributed by atoms with Gasteiger partial charge in [0.25, 0.3) is 0 Å². The summed E-state index contributed by atoms with van der Waals surface area (Å²) in [5.74, 6) is 0. The molecular formula is C30H30N4. The van der Waals surface area contributed by atoms with Crippen molar-refractivity contribution in [2.75, 3.05) is 0 Å². The van der Waals surface area contributed by atoms with E-state index in [4.69, 9.17) is 0 Å². The van der Waals surface area contributed by atoms with E-state index in [1.54, 1.807) is 0 Å². The first-order chi connectivity index (χ1) is 16.6. The number of nitrogens with zero attached hydrogens (tertiary/aromatic N) is 4. The summed E-state index contributed by atoms with van der Waals surface area (Å²) in [4.78, 5) is 0. The Hall–Kier alpha value is -3.86.